The zero-order valence-electron chi connectivity index (χ0n) is 11.4. The fourth-order valence-corrected chi connectivity index (χ4v) is 3.31. The van der Waals surface area contributed by atoms with Gasteiger partial charge in [0.15, 0.2) is 0 Å². The molecule has 20 heavy (non-hydrogen) atoms. The first-order valence-corrected chi connectivity index (χ1v) is 6.99. The third-order valence-electron chi connectivity index (χ3n) is 4.55. The van der Waals surface area contributed by atoms with E-state index >= 15 is 0 Å². The van der Waals surface area contributed by atoms with Crippen molar-refractivity contribution in [2.45, 2.75) is 38.3 Å². The number of likely N-dealkylation sites (tertiary alicyclic amines) is 1. The number of hydrogen-bond acceptors (Lipinski definition) is 2. The molecule has 118 valence electrons. The molecule has 2 N–H and O–H groups in total. The molecule has 1 saturated carbocycles. The lowest BCUT2D eigenvalue weighted by molar-refractivity contribution is -0.187. The van der Waals surface area contributed by atoms with E-state index in [2.05, 4.69) is 0 Å². The van der Waals surface area contributed by atoms with Gasteiger partial charge in [-0.1, -0.05) is 6.42 Å². The lowest BCUT2D eigenvalue weighted by atomic mass is 9.91. The Balaban J connectivity index is 0.00000200. The molecule has 2 aliphatic rings. The van der Waals surface area contributed by atoms with Crippen LogP contribution in [0.15, 0.2) is 0 Å². The Labute approximate surface area is 123 Å². The van der Waals surface area contributed by atoms with Gasteiger partial charge in [0.2, 0.25) is 5.91 Å². The Morgan fingerprint density at radius 3 is 2.25 bits per heavy atom. The zero-order valence-corrected chi connectivity index (χ0v) is 12.2. The van der Waals surface area contributed by atoms with Crippen molar-refractivity contribution in [1.29, 1.82) is 0 Å². The summed E-state index contributed by atoms with van der Waals surface area (Å²) in [6.07, 6.45) is -1.25. The number of rotatable bonds is 2. The highest BCUT2D eigenvalue weighted by Crippen LogP contribution is 2.36. The Kier molecular flexibility index (Phi) is 6.13. The first kappa shape index (κ1) is 17.6. The molecule has 0 spiro atoms. The van der Waals surface area contributed by atoms with E-state index in [4.69, 9.17) is 5.73 Å². The lowest BCUT2D eigenvalue weighted by Gasteiger charge is -2.35. The first-order valence-electron chi connectivity index (χ1n) is 6.99. The first-order chi connectivity index (χ1) is 8.93. The van der Waals surface area contributed by atoms with Crippen LogP contribution in [-0.2, 0) is 4.79 Å². The number of nitrogens with zero attached hydrogens (tertiary/aromatic N) is 1. The molecule has 1 saturated heterocycles. The molecule has 0 bridgehead atoms. The summed E-state index contributed by atoms with van der Waals surface area (Å²) in [4.78, 5) is 13.9. The molecule has 1 aliphatic heterocycles. The van der Waals surface area contributed by atoms with Crippen LogP contribution in [0, 0.1) is 17.8 Å². The normalized spacial score (nSPS) is 28.3. The second kappa shape index (κ2) is 6.98. The summed E-state index contributed by atoms with van der Waals surface area (Å²) in [7, 11) is 0. The molecule has 0 unspecified atom stereocenters. The van der Waals surface area contributed by atoms with Crippen molar-refractivity contribution in [3.8, 4) is 0 Å². The Hall–Kier alpha value is -0.490. The van der Waals surface area contributed by atoms with Gasteiger partial charge in [-0.2, -0.15) is 13.2 Å². The number of carbonyl (C=O) groups is 1. The number of hydrogen-bond donors (Lipinski definition) is 1. The summed E-state index contributed by atoms with van der Waals surface area (Å²) in [6, 6.07) is 0. The van der Waals surface area contributed by atoms with Gasteiger partial charge in [-0.05, 0) is 38.1 Å². The Morgan fingerprint density at radius 2 is 1.75 bits per heavy atom. The van der Waals surface area contributed by atoms with Gasteiger partial charge in [-0.25, -0.2) is 0 Å². The van der Waals surface area contributed by atoms with Crippen molar-refractivity contribution in [2.24, 2.45) is 23.5 Å². The van der Waals surface area contributed by atoms with Crippen LogP contribution in [0.3, 0.4) is 0 Å². The zero-order chi connectivity index (χ0) is 14.0. The molecule has 0 aromatic carbocycles. The van der Waals surface area contributed by atoms with Crippen molar-refractivity contribution in [1.82, 2.24) is 4.90 Å². The maximum Gasteiger partial charge on any atom is 0.391 e. The molecule has 2 fully saturated rings. The molecule has 2 rings (SSSR count). The molecular weight excluding hydrogens is 293 g/mol. The second-order valence-electron chi connectivity index (χ2n) is 5.67. The van der Waals surface area contributed by atoms with Crippen molar-refractivity contribution in [3.05, 3.63) is 0 Å². The number of piperidine rings is 1. The predicted molar refractivity (Wildman–Crippen MR) is 72.5 cm³/mol. The minimum atomic E-state index is -4.12. The maximum atomic E-state index is 12.6. The minimum Gasteiger partial charge on any atom is -0.342 e. The highest BCUT2D eigenvalue weighted by molar-refractivity contribution is 5.85. The van der Waals surface area contributed by atoms with Gasteiger partial charge in [-0.3, -0.25) is 4.79 Å². The van der Waals surface area contributed by atoms with Crippen molar-refractivity contribution < 1.29 is 18.0 Å². The third kappa shape index (κ3) is 3.79. The maximum absolute atomic E-state index is 12.6. The van der Waals surface area contributed by atoms with E-state index in [-0.39, 0.29) is 56.1 Å². The van der Waals surface area contributed by atoms with Gasteiger partial charge in [0.25, 0.3) is 0 Å². The SMILES string of the molecule is Cl.NC[C@H]1CCC[C@H]1C(=O)N1CCC(C(F)(F)F)CC1. The van der Waals surface area contributed by atoms with Crippen LogP contribution in [0.2, 0.25) is 0 Å². The lowest BCUT2D eigenvalue weighted by Crippen LogP contribution is -2.45. The van der Waals surface area contributed by atoms with Gasteiger partial charge >= 0.3 is 6.18 Å². The van der Waals surface area contributed by atoms with Crippen molar-refractivity contribution in [3.63, 3.8) is 0 Å². The van der Waals surface area contributed by atoms with Gasteiger partial charge in [-0.15, -0.1) is 12.4 Å². The van der Waals surface area contributed by atoms with Crippen LogP contribution in [0.25, 0.3) is 0 Å². The minimum absolute atomic E-state index is 0. The third-order valence-corrected chi connectivity index (χ3v) is 4.55. The monoisotopic (exact) mass is 314 g/mol. The predicted octanol–water partition coefficient (Wildman–Crippen LogP) is 2.58. The van der Waals surface area contributed by atoms with Crippen LogP contribution in [0.5, 0.6) is 0 Å². The summed E-state index contributed by atoms with van der Waals surface area (Å²) in [5, 5.41) is 0. The average Bonchev–Trinajstić information content (AvgIpc) is 2.85. The van der Waals surface area contributed by atoms with E-state index in [1.165, 1.54) is 0 Å². The number of halogens is 4. The fourth-order valence-electron chi connectivity index (χ4n) is 3.31. The Morgan fingerprint density at radius 1 is 1.15 bits per heavy atom. The number of nitrogens with two attached hydrogens (primary N) is 1. The molecule has 2 atom stereocenters. The van der Waals surface area contributed by atoms with E-state index in [9.17, 15) is 18.0 Å². The topological polar surface area (TPSA) is 46.3 Å². The van der Waals surface area contributed by atoms with E-state index in [1.54, 1.807) is 4.90 Å². The van der Waals surface area contributed by atoms with Crippen LogP contribution in [-0.4, -0.2) is 36.6 Å². The standard InChI is InChI=1S/C13H21F3N2O.ClH/c14-13(15,16)10-4-6-18(7-5-10)12(19)11-3-1-2-9(11)8-17;/h9-11H,1-8,17H2;1H/t9-,11-;/m1./s1. The van der Waals surface area contributed by atoms with E-state index in [0.29, 0.717) is 6.54 Å². The molecule has 0 aromatic rings. The highest BCUT2D eigenvalue weighted by Gasteiger charge is 2.43. The quantitative estimate of drug-likeness (QED) is 0.851. The summed E-state index contributed by atoms with van der Waals surface area (Å²) < 4.78 is 37.7. The summed E-state index contributed by atoms with van der Waals surface area (Å²) >= 11 is 0. The molecule has 1 heterocycles. The number of alkyl halides is 3. The molecule has 1 aliphatic carbocycles. The number of amides is 1. The van der Waals surface area contributed by atoms with Crippen molar-refractivity contribution in [2.75, 3.05) is 19.6 Å². The largest absolute Gasteiger partial charge is 0.391 e. The molecule has 1 amide bonds. The Bertz CT molecular complexity index is 330. The van der Waals surface area contributed by atoms with Gasteiger partial charge in [0.1, 0.15) is 0 Å². The van der Waals surface area contributed by atoms with Crippen LogP contribution < -0.4 is 5.73 Å². The molecular formula is C13H22ClF3N2O. The van der Waals surface area contributed by atoms with E-state index in [0.717, 1.165) is 19.3 Å². The van der Waals surface area contributed by atoms with Gasteiger partial charge in [0.05, 0.1) is 5.92 Å². The molecule has 0 aromatic heterocycles. The van der Waals surface area contributed by atoms with Crippen LogP contribution >= 0.6 is 12.4 Å². The summed E-state index contributed by atoms with van der Waals surface area (Å²) in [5.41, 5.74) is 5.65. The average molecular weight is 315 g/mol. The highest BCUT2D eigenvalue weighted by atomic mass is 35.5. The van der Waals surface area contributed by atoms with E-state index in [1.807, 2.05) is 0 Å². The number of carbonyl (C=O) groups excluding carboxylic acids is 1. The smallest absolute Gasteiger partial charge is 0.342 e. The van der Waals surface area contributed by atoms with Gasteiger partial charge < -0.3 is 10.6 Å². The van der Waals surface area contributed by atoms with Crippen LogP contribution in [0.4, 0.5) is 13.2 Å². The molecule has 7 heteroatoms. The molecule has 3 nitrogen and oxygen atoms in total. The second-order valence-corrected chi connectivity index (χ2v) is 5.67. The van der Waals surface area contributed by atoms with Crippen molar-refractivity contribution >= 4 is 18.3 Å². The summed E-state index contributed by atoms with van der Waals surface area (Å²) in [5.74, 6) is -1.07. The molecule has 0 radical (unpaired) electrons. The van der Waals surface area contributed by atoms with Crippen LogP contribution in [0.1, 0.15) is 32.1 Å². The summed E-state index contributed by atoms with van der Waals surface area (Å²) in [6.45, 7) is 0.961. The van der Waals surface area contributed by atoms with E-state index < -0.39 is 12.1 Å². The fraction of sp³-hybridized carbons (Fsp3) is 0.923. The van der Waals surface area contributed by atoms with Gasteiger partial charge in [0, 0.05) is 19.0 Å².